The Hall–Kier alpha value is -1.00. The van der Waals surface area contributed by atoms with Crippen LogP contribution < -0.4 is 0 Å². The summed E-state index contributed by atoms with van der Waals surface area (Å²) in [5, 5.41) is 2.95. The van der Waals surface area contributed by atoms with Crippen molar-refractivity contribution in [2.24, 2.45) is 0 Å². The van der Waals surface area contributed by atoms with Gasteiger partial charge in [-0.05, 0) is 18.4 Å². The predicted molar refractivity (Wildman–Crippen MR) is 60.2 cm³/mol. The number of carbonyl (C=O) groups excluding carboxylic acids is 1. The van der Waals surface area contributed by atoms with Crippen molar-refractivity contribution in [2.45, 2.75) is 13.8 Å². The minimum atomic E-state index is 0.0396. The van der Waals surface area contributed by atoms with E-state index < -0.39 is 0 Å². The standard InChI is InChI=1S/C10H9NOS2/c1-6(12)9-10(14-7(2)11-9)8-4-3-5-13-8/h3-5H,1-2H3. The molecule has 2 rings (SSSR count). The van der Waals surface area contributed by atoms with Crippen molar-refractivity contribution < 1.29 is 4.79 Å². The van der Waals surface area contributed by atoms with Gasteiger partial charge < -0.3 is 0 Å². The maximum Gasteiger partial charge on any atom is 0.179 e. The normalized spacial score (nSPS) is 10.4. The van der Waals surface area contributed by atoms with Crippen LogP contribution in [-0.4, -0.2) is 10.8 Å². The number of aromatic nitrogens is 1. The summed E-state index contributed by atoms with van der Waals surface area (Å²) in [6.07, 6.45) is 0. The zero-order valence-electron chi connectivity index (χ0n) is 7.90. The molecule has 0 aromatic carbocycles. The lowest BCUT2D eigenvalue weighted by atomic mass is 10.2. The molecule has 2 aromatic heterocycles. The van der Waals surface area contributed by atoms with Crippen LogP contribution in [0.4, 0.5) is 0 Å². The molecule has 4 heteroatoms. The Balaban J connectivity index is 2.58. The van der Waals surface area contributed by atoms with Crippen LogP contribution in [0, 0.1) is 6.92 Å². The number of ketones is 1. The Morgan fingerprint density at radius 2 is 2.29 bits per heavy atom. The second kappa shape index (κ2) is 3.63. The lowest BCUT2D eigenvalue weighted by molar-refractivity contribution is 0.101. The number of rotatable bonds is 2. The summed E-state index contributed by atoms with van der Waals surface area (Å²) in [5.74, 6) is 0.0396. The second-order valence-corrected chi connectivity index (χ2v) is 5.09. The molecule has 0 N–H and O–H groups in total. The fraction of sp³-hybridized carbons (Fsp3) is 0.200. The minimum absolute atomic E-state index is 0.0396. The number of thiazole rings is 1. The average Bonchev–Trinajstić information content (AvgIpc) is 2.70. The Bertz CT molecular complexity index is 456. The molecule has 0 saturated carbocycles. The van der Waals surface area contributed by atoms with E-state index >= 15 is 0 Å². The number of aryl methyl sites for hydroxylation is 1. The van der Waals surface area contributed by atoms with E-state index in [0.717, 1.165) is 14.8 Å². The second-order valence-electron chi connectivity index (χ2n) is 2.94. The van der Waals surface area contributed by atoms with E-state index in [-0.39, 0.29) is 5.78 Å². The molecular weight excluding hydrogens is 214 g/mol. The van der Waals surface area contributed by atoms with Crippen LogP contribution in [0.3, 0.4) is 0 Å². The van der Waals surface area contributed by atoms with Gasteiger partial charge >= 0.3 is 0 Å². The van der Waals surface area contributed by atoms with Crippen molar-refractivity contribution in [3.05, 3.63) is 28.2 Å². The van der Waals surface area contributed by atoms with Crippen molar-refractivity contribution in [1.82, 2.24) is 4.98 Å². The molecule has 0 aliphatic heterocycles. The van der Waals surface area contributed by atoms with Gasteiger partial charge in [0.25, 0.3) is 0 Å². The first-order valence-corrected chi connectivity index (χ1v) is 5.90. The van der Waals surface area contributed by atoms with Crippen LogP contribution in [0.1, 0.15) is 22.4 Å². The van der Waals surface area contributed by atoms with Gasteiger partial charge in [0.05, 0.1) is 9.88 Å². The Kier molecular flexibility index (Phi) is 2.48. The summed E-state index contributed by atoms with van der Waals surface area (Å²) >= 11 is 3.22. The van der Waals surface area contributed by atoms with Crippen molar-refractivity contribution in [2.75, 3.05) is 0 Å². The highest BCUT2D eigenvalue weighted by Crippen LogP contribution is 2.33. The molecule has 0 atom stereocenters. The third-order valence-electron chi connectivity index (χ3n) is 1.81. The minimum Gasteiger partial charge on any atom is -0.293 e. The van der Waals surface area contributed by atoms with E-state index in [0.29, 0.717) is 5.69 Å². The highest BCUT2D eigenvalue weighted by Gasteiger charge is 2.15. The molecule has 0 fully saturated rings. The largest absolute Gasteiger partial charge is 0.293 e. The zero-order chi connectivity index (χ0) is 10.1. The van der Waals surface area contributed by atoms with Crippen molar-refractivity contribution in [3.63, 3.8) is 0 Å². The molecule has 2 nitrogen and oxygen atoms in total. The molecule has 72 valence electrons. The number of Topliss-reactive ketones (excluding diaryl/α,β-unsaturated/α-hetero) is 1. The van der Waals surface area contributed by atoms with Crippen LogP contribution in [0.15, 0.2) is 17.5 Å². The summed E-state index contributed by atoms with van der Waals surface area (Å²) in [6, 6.07) is 4.00. The molecule has 2 aromatic rings. The molecule has 0 bridgehead atoms. The molecule has 0 amide bonds. The number of nitrogens with zero attached hydrogens (tertiary/aromatic N) is 1. The van der Waals surface area contributed by atoms with Gasteiger partial charge in [-0.1, -0.05) is 6.07 Å². The predicted octanol–water partition coefficient (Wildman–Crippen LogP) is 3.38. The van der Waals surface area contributed by atoms with E-state index in [4.69, 9.17) is 0 Å². The van der Waals surface area contributed by atoms with Gasteiger partial charge in [0, 0.05) is 11.8 Å². The number of carbonyl (C=O) groups is 1. The SMILES string of the molecule is CC(=O)c1nc(C)sc1-c1cccs1. The highest BCUT2D eigenvalue weighted by atomic mass is 32.1. The lowest BCUT2D eigenvalue weighted by Crippen LogP contribution is -1.93. The van der Waals surface area contributed by atoms with Crippen LogP contribution in [0.25, 0.3) is 9.75 Å². The number of hydrogen-bond acceptors (Lipinski definition) is 4. The smallest absolute Gasteiger partial charge is 0.179 e. The van der Waals surface area contributed by atoms with E-state index in [9.17, 15) is 4.79 Å². The summed E-state index contributed by atoms with van der Waals surface area (Å²) in [5.41, 5.74) is 0.606. The first-order chi connectivity index (χ1) is 6.68. The molecule has 0 aliphatic carbocycles. The van der Waals surface area contributed by atoms with Gasteiger partial charge in [-0.3, -0.25) is 4.79 Å². The maximum absolute atomic E-state index is 11.3. The molecule has 0 aliphatic rings. The van der Waals surface area contributed by atoms with E-state index in [1.165, 1.54) is 0 Å². The van der Waals surface area contributed by atoms with Gasteiger partial charge in [-0.15, -0.1) is 22.7 Å². The third-order valence-corrected chi connectivity index (χ3v) is 3.83. The van der Waals surface area contributed by atoms with Gasteiger partial charge in [0.15, 0.2) is 5.78 Å². The van der Waals surface area contributed by atoms with E-state index in [1.54, 1.807) is 29.6 Å². The monoisotopic (exact) mass is 223 g/mol. The lowest BCUT2D eigenvalue weighted by Gasteiger charge is -1.93. The zero-order valence-corrected chi connectivity index (χ0v) is 9.54. The fourth-order valence-corrected chi connectivity index (χ4v) is 3.06. The molecule has 2 heterocycles. The maximum atomic E-state index is 11.3. The topological polar surface area (TPSA) is 30.0 Å². The summed E-state index contributed by atoms with van der Waals surface area (Å²) in [6.45, 7) is 3.49. The van der Waals surface area contributed by atoms with Crippen molar-refractivity contribution in [3.8, 4) is 9.75 Å². The summed E-state index contributed by atoms with van der Waals surface area (Å²) in [7, 11) is 0. The van der Waals surface area contributed by atoms with Crippen LogP contribution in [-0.2, 0) is 0 Å². The number of thiophene rings is 1. The average molecular weight is 223 g/mol. The molecule has 0 spiro atoms. The quantitative estimate of drug-likeness (QED) is 0.730. The van der Waals surface area contributed by atoms with Crippen LogP contribution >= 0.6 is 22.7 Å². The van der Waals surface area contributed by atoms with Crippen molar-refractivity contribution >= 4 is 28.5 Å². The molecule has 0 unspecified atom stereocenters. The first-order valence-electron chi connectivity index (χ1n) is 4.20. The Morgan fingerprint density at radius 3 is 2.86 bits per heavy atom. The van der Waals surface area contributed by atoms with Gasteiger partial charge in [-0.2, -0.15) is 0 Å². The first kappa shape index (κ1) is 9.55. The Labute approximate surface area is 90.2 Å². The molecule has 14 heavy (non-hydrogen) atoms. The van der Waals surface area contributed by atoms with Crippen LogP contribution in [0.5, 0.6) is 0 Å². The van der Waals surface area contributed by atoms with E-state index in [2.05, 4.69) is 4.98 Å². The van der Waals surface area contributed by atoms with Gasteiger partial charge in [0.2, 0.25) is 0 Å². The van der Waals surface area contributed by atoms with Gasteiger partial charge in [-0.25, -0.2) is 4.98 Å². The highest BCUT2D eigenvalue weighted by molar-refractivity contribution is 7.21. The summed E-state index contributed by atoms with van der Waals surface area (Å²) in [4.78, 5) is 17.7. The van der Waals surface area contributed by atoms with Crippen molar-refractivity contribution in [1.29, 1.82) is 0 Å². The van der Waals surface area contributed by atoms with Crippen LogP contribution in [0.2, 0.25) is 0 Å². The number of hydrogen-bond donors (Lipinski definition) is 0. The molecule has 0 radical (unpaired) electrons. The molecular formula is C10H9NOS2. The van der Waals surface area contributed by atoms with E-state index in [1.807, 2.05) is 24.4 Å². The summed E-state index contributed by atoms with van der Waals surface area (Å²) < 4.78 is 0. The molecule has 0 saturated heterocycles. The fourth-order valence-electron chi connectivity index (χ4n) is 1.24. The Morgan fingerprint density at radius 1 is 1.50 bits per heavy atom. The van der Waals surface area contributed by atoms with Gasteiger partial charge in [0.1, 0.15) is 5.69 Å². The third kappa shape index (κ3) is 1.63.